The molecule has 12 heteroatoms. The van der Waals surface area contributed by atoms with Crippen LogP contribution in [0.4, 0.5) is 13.2 Å². The van der Waals surface area contributed by atoms with E-state index in [-0.39, 0.29) is 30.6 Å². The first-order chi connectivity index (χ1) is 18.1. The number of ketones is 1. The van der Waals surface area contributed by atoms with Crippen molar-refractivity contribution >= 4 is 40.9 Å². The third-order valence-corrected chi connectivity index (χ3v) is 10.6. The summed E-state index contributed by atoms with van der Waals surface area (Å²) in [5, 5.41) is 23.5. The molecule has 1 aromatic rings. The number of hydrogen-bond donors (Lipinski definition) is 2. The lowest BCUT2D eigenvalue weighted by Gasteiger charge is -2.45. The van der Waals surface area contributed by atoms with Crippen LogP contribution in [0.2, 0.25) is 0 Å². The first-order valence-corrected chi connectivity index (χ1v) is 15.1. The molecule has 3 heterocycles. The van der Waals surface area contributed by atoms with Crippen LogP contribution in [0.1, 0.15) is 71.9 Å². The van der Waals surface area contributed by atoms with Crippen molar-refractivity contribution in [2.45, 2.75) is 107 Å². The Labute approximate surface area is 234 Å². The molecule has 1 aromatic heterocycles. The topological polar surface area (TPSA) is 109 Å². The molecule has 2 N–H and O–H groups in total. The van der Waals surface area contributed by atoms with Crippen molar-refractivity contribution in [3.63, 3.8) is 0 Å². The molecule has 4 rings (SSSR count). The van der Waals surface area contributed by atoms with Gasteiger partial charge in [-0.1, -0.05) is 32.0 Å². The van der Waals surface area contributed by atoms with Crippen molar-refractivity contribution in [2.75, 3.05) is 5.75 Å². The molecule has 2 bridgehead atoms. The minimum absolute atomic E-state index is 0.165. The maximum atomic E-state index is 13.1. The van der Waals surface area contributed by atoms with Gasteiger partial charge in [-0.15, -0.1) is 11.3 Å². The van der Waals surface area contributed by atoms with Gasteiger partial charge >= 0.3 is 12.1 Å². The average Bonchev–Trinajstić information content (AvgIpc) is 3.25. The second-order valence-electron chi connectivity index (χ2n) is 11.6. The molecule has 3 fully saturated rings. The molecule has 2 aliphatic heterocycles. The summed E-state index contributed by atoms with van der Waals surface area (Å²) in [6.07, 6.45) is -3.06. The Bertz CT molecular complexity index is 1110. The Balaban J connectivity index is 1.54. The molecule has 2 saturated heterocycles. The predicted molar refractivity (Wildman–Crippen MR) is 141 cm³/mol. The number of thiazole rings is 1. The minimum Gasteiger partial charge on any atom is -0.458 e. The van der Waals surface area contributed by atoms with E-state index < -0.39 is 53.1 Å². The van der Waals surface area contributed by atoms with E-state index in [9.17, 15) is 33.0 Å². The van der Waals surface area contributed by atoms with Crippen molar-refractivity contribution in [1.29, 1.82) is 0 Å². The van der Waals surface area contributed by atoms with Crippen LogP contribution in [0, 0.1) is 17.3 Å². The number of alkyl halides is 3. The first-order valence-electron chi connectivity index (χ1n) is 13.2. The highest BCUT2D eigenvalue weighted by Crippen LogP contribution is 2.48. The van der Waals surface area contributed by atoms with Crippen LogP contribution in [0.25, 0.3) is 6.08 Å². The smallest absolute Gasteiger partial charge is 0.398 e. The zero-order valence-corrected chi connectivity index (χ0v) is 24.1. The van der Waals surface area contributed by atoms with Crippen LogP contribution >= 0.6 is 23.1 Å². The van der Waals surface area contributed by atoms with Crippen LogP contribution in [-0.4, -0.2) is 68.9 Å². The van der Waals surface area contributed by atoms with Crippen LogP contribution < -0.4 is 0 Å². The second kappa shape index (κ2) is 11.4. The highest BCUT2D eigenvalue weighted by Gasteiger charge is 2.55. The highest BCUT2D eigenvalue weighted by molar-refractivity contribution is 8.01. The molecule has 3 aliphatic rings. The highest BCUT2D eigenvalue weighted by atomic mass is 32.2. The average molecular weight is 592 g/mol. The standard InChI is InChI=1S/C27H36F3NO6S2/c1-14(8-17-12-38-24(31-17)39-13-27(28,29)30)18-9-20-26(4,37-20)7-5-6-16-11-25(3,19(32)10-21(33)36-18)23(35)15(2)22(16)34/h8,12,15-16,18-20,22,32,34H,5-7,9-11,13H2,1-4H3/b14-8+/t15-,16-,18+,19+,20+,22?,25-,26-/m1/s1. The quantitative estimate of drug-likeness (QED) is 0.280. The lowest BCUT2D eigenvalue weighted by molar-refractivity contribution is -0.161. The Morgan fingerprint density at radius 3 is 2.72 bits per heavy atom. The van der Waals surface area contributed by atoms with Gasteiger partial charge in [0.15, 0.2) is 4.34 Å². The van der Waals surface area contributed by atoms with Gasteiger partial charge in [-0.25, -0.2) is 4.98 Å². The lowest BCUT2D eigenvalue weighted by atomic mass is 9.60. The van der Waals surface area contributed by atoms with Crippen LogP contribution in [0.5, 0.6) is 0 Å². The number of carbonyl (C=O) groups excluding carboxylic acids is 2. The summed E-state index contributed by atoms with van der Waals surface area (Å²) in [5.74, 6) is -2.77. The second-order valence-corrected chi connectivity index (χ2v) is 13.7. The number of halogens is 3. The van der Waals surface area contributed by atoms with E-state index in [4.69, 9.17) is 9.47 Å². The molecule has 0 amide bonds. The molecule has 0 spiro atoms. The van der Waals surface area contributed by atoms with E-state index in [1.807, 2.05) is 6.92 Å². The summed E-state index contributed by atoms with van der Waals surface area (Å²) in [4.78, 5) is 30.4. The van der Waals surface area contributed by atoms with E-state index in [0.717, 1.165) is 24.2 Å². The predicted octanol–water partition coefficient (Wildman–Crippen LogP) is 5.19. The number of thioether (sulfide) groups is 1. The van der Waals surface area contributed by atoms with E-state index in [2.05, 4.69) is 4.98 Å². The molecule has 8 atom stereocenters. The maximum absolute atomic E-state index is 13.1. The molecule has 1 aliphatic carbocycles. The maximum Gasteiger partial charge on any atom is 0.398 e. The number of Topliss-reactive ketones (excluding diaryl/α,β-unsaturated/α-hetero) is 1. The van der Waals surface area contributed by atoms with Gasteiger partial charge < -0.3 is 19.7 Å². The number of carbonyl (C=O) groups is 2. The minimum atomic E-state index is -4.29. The van der Waals surface area contributed by atoms with E-state index >= 15 is 0 Å². The number of cyclic esters (lactones) is 1. The van der Waals surface area contributed by atoms with E-state index in [1.165, 1.54) is 0 Å². The van der Waals surface area contributed by atoms with Gasteiger partial charge in [-0.2, -0.15) is 13.2 Å². The summed E-state index contributed by atoms with van der Waals surface area (Å²) in [5.41, 5.74) is -0.463. The van der Waals surface area contributed by atoms with Gasteiger partial charge in [0.1, 0.15) is 11.9 Å². The number of epoxide rings is 1. The fourth-order valence-electron chi connectivity index (χ4n) is 5.93. The van der Waals surface area contributed by atoms with Crippen molar-refractivity contribution in [3.8, 4) is 0 Å². The Hall–Kier alpha value is -1.47. The zero-order valence-electron chi connectivity index (χ0n) is 22.5. The van der Waals surface area contributed by atoms with Gasteiger partial charge in [-0.05, 0) is 50.7 Å². The first kappa shape index (κ1) is 30.5. The largest absolute Gasteiger partial charge is 0.458 e. The van der Waals surface area contributed by atoms with E-state index in [0.29, 0.717) is 40.2 Å². The van der Waals surface area contributed by atoms with Crippen LogP contribution in [0.15, 0.2) is 15.3 Å². The molecule has 7 nitrogen and oxygen atoms in total. The lowest BCUT2D eigenvalue weighted by Crippen LogP contribution is -2.54. The third kappa shape index (κ3) is 7.06. The SMILES string of the molecule is C/C(=C\c1csc(SCC(F)(F)F)n1)[C@@H]1C[C@@H]2O[C@]2(C)CCC[C@@H]2C[C@@](C)(C(=O)[C@H](C)C2O)[C@@H](O)CC(=O)O1. The fourth-order valence-corrected chi connectivity index (χ4v) is 7.48. The number of rotatable bonds is 4. The summed E-state index contributed by atoms with van der Waals surface area (Å²) >= 11 is 1.73. The molecule has 39 heavy (non-hydrogen) atoms. The fraction of sp³-hybridized carbons (Fsp3) is 0.741. The molecule has 0 aromatic carbocycles. The van der Waals surface area contributed by atoms with Crippen molar-refractivity contribution in [1.82, 2.24) is 4.98 Å². The number of aliphatic hydroxyl groups is 2. The number of ether oxygens (including phenoxy) is 2. The summed E-state index contributed by atoms with van der Waals surface area (Å²) < 4.78 is 49.8. The Kier molecular flexibility index (Phi) is 8.93. The monoisotopic (exact) mass is 591 g/mol. The van der Waals surface area contributed by atoms with Gasteiger partial charge in [0.2, 0.25) is 0 Å². The number of hydrogen-bond acceptors (Lipinski definition) is 9. The van der Waals surface area contributed by atoms with Crippen LogP contribution in [-0.2, 0) is 19.1 Å². The van der Waals surface area contributed by atoms with Gasteiger partial charge in [0, 0.05) is 17.7 Å². The number of nitrogens with zero attached hydrogens (tertiary/aromatic N) is 1. The summed E-state index contributed by atoms with van der Waals surface area (Å²) in [6.45, 7) is 7.10. The summed E-state index contributed by atoms with van der Waals surface area (Å²) in [7, 11) is 0. The number of esters is 1. The molecule has 218 valence electrons. The number of fused-ring (bicyclic) bond motifs is 3. The Morgan fingerprint density at radius 1 is 1.31 bits per heavy atom. The molecular weight excluding hydrogens is 555 g/mol. The summed E-state index contributed by atoms with van der Waals surface area (Å²) in [6, 6.07) is 0. The molecule has 1 unspecified atom stereocenters. The van der Waals surface area contributed by atoms with E-state index in [1.54, 1.807) is 32.2 Å². The van der Waals surface area contributed by atoms with Crippen LogP contribution in [0.3, 0.4) is 0 Å². The van der Waals surface area contributed by atoms with Crippen molar-refractivity contribution in [2.24, 2.45) is 17.3 Å². The third-order valence-electron chi connectivity index (χ3n) is 8.48. The molecule has 0 radical (unpaired) electrons. The molecule has 1 saturated carbocycles. The van der Waals surface area contributed by atoms with Gasteiger partial charge in [0.25, 0.3) is 0 Å². The Morgan fingerprint density at radius 2 is 2.03 bits per heavy atom. The zero-order chi connectivity index (χ0) is 28.8. The van der Waals surface area contributed by atoms with Gasteiger partial charge in [0.05, 0.1) is 47.2 Å². The van der Waals surface area contributed by atoms with Crippen molar-refractivity contribution in [3.05, 3.63) is 16.6 Å². The number of aliphatic hydroxyl groups excluding tert-OH is 2. The number of aromatic nitrogens is 1. The van der Waals surface area contributed by atoms with Gasteiger partial charge in [-0.3, -0.25) is 9.59 Å². The molecular formula is C27H36F3NO6S2. The van der Waals surface area contributed by atoms with Crippen molar-refractivity contribution < 1.29 is 42.4 Å². The normalized spacial score (nSPS) is 38.5.